The lowest BCUT2D eigenvalue weighted by molar-refractivity contribution is 0.415. The van der Waals surface area contributed by atoms with Gasteiger partial charge in [-0.15, -0.1) is 0 Å². The van der Waals surface area contributed by atoms with Gasteiger partial charge < -0.3 is 9.15 Å². The molecule has 2 heteroatoms. The van der Waals surface area contributed by atoms with Gasteiger partial charge in [-0.3, -0.25) is 0 Å². The summed E-state index contributed by atoms with van der Waals surface area (Å²) in [5.74, 6) is 1.83. The minimum atomic E-state index is 0.817. The van der Waals surface area contributed by atoms with Crippen molar-refractivity contribution >= 4 is 11.0 Å². The van der Waals surface area contributed by atoms with E-state index in [4.69, 9.17) is 9.15 Å². The summed E-state index contributed by atoms with van der Waals surface area (Å²) in [6, 6.07) is 18.2. The first-order valence-electron chi connectivity index (χ1n) is 5.95. The Bertz CT molecular complexity index is 653. The summed E-state index contributed by atoms with van der Waals surface area (Å²) in [5, 5.41) is 1.08. The number of hydrogen-bond acceptors (Lipinski definition) is 2. The Balaban J connectivity index is 1.94. The predicted molar refractivity (Wildman–Crippen MR) is 72.0 cm³/mol. The summed E-state index contributed by atoms with van der Waals surface area (Å²) in [5.41, 5.74) is 2.16. The van der Waals surface area contributed by atoms with Crippen LogP contribution in [-0.2, 0) is 6.42 Å². The molecule has 0 amide bonds. The molecule has 0 radical (unpaired) electrons. The van der Waals surface area contributed by atoms with Crippen LogP contribution >= 0.6 is 0 Å². The zero-order valence-corrected chi connectivity index (χ0v) is 10.2. The van der Waals surface area contributed by atoms with Crippen molar-refractivity contribution in [1.29, 1.82) is 0 Å². The molecule has 0 fully saturated rings. The van der Waals surface area contributed by atoms with Crippen molar-refractivity contribution in [2.45, 2.75) is 6.42 Å². The highest BCUT2D eigenvalue weighted by Crippen LogP contribution is 2.25. The fraction of sp³-hybridized carbons (Fsp3) is 0.125. The lowest BCUT2D eigenvalue weighted by Gasteiger charge is -1.96. The third-order valence-electron chi connectivity index (χ3n) is 3.00. The van der Waals surface area contributed by atoms with Gasteiger partial charge >= 0.3 is 0 Å². The topological polar surface area (TPSA) is 22.4 Å². The summed E-state index contributed by atoms with van der Waals surface area (Å²) >= 11 is 0. The molecule has 1 aromatic heterocycles. The predicted octanol–water partition coefficient (Wildman–Crippen LogP) is 4.03. The van der Waals surface area contributed by atoms with Crippen LogP contribution in [0.25, 0.3) is 11.0 Å². The van der Waals surface area contributed by atoms with Crippen molar-refractivity contribution in [3.05, 3.63) is 65.9 Å². The molecular formula is C16H14O2. The molecule has 0 aliphatic rings. The highest BCUT2D eigenvalue weighted by Gasteiger charge is 2.05. The Morgan fingerprint density at radius 3 is 2.61 bits per heavy atom. The van der Waals surface area contributed by atoms with Gasteiger partial charge in [0.05, 0.1) is 7.11 Å². The number of fused-ring (bicyclic) bond motifs is 1. The number of rotatable bonds is 3. The van der Waals surface area contributed by atoms with Crippen LogP contribution in [0.3, 0.4) is 0 Å². The Kier molecular flexibility index (Phi) is 2.77. The molecule has 2 aromatic carbocycles. The summed E-state index contributed by atoms with van der Waals surface area (Å²) in [6.45, 7) is 0. The smallest absolute Gasteiger partial charge is 0.134 e. The second-order valence-corrected chi connectivity index (χ2v) is 4.28. The van der Waals surface area contributed by atoms with E-state index in [1.807, 2.05) is 36.4 Å². The van der Waals surface area contributed by atoms with Crippen LogP contribution in [0.2, 0.25) is 0 Å². The maximum atomic E-state index is 5.82. The molecule has 0 aliphatic heterocycles. The summed E-state index contributed by atoms with van der Waals surface area (Å²) < 4.78 is 11.0. The lowest BCUT2D eigenvalue weighted by Crippen LogP contribution is -1.83. The van der Waals surface area contributed by atoms with Crippen molar-refractivity contribution in [3.63, 3.8) is 0 Å². The summed E-state index contributed by atoms with van der Waals surface area (Å²) in [6.07, 6.45) is 0.817. The lowest BCUT2D eigenvalue weighted by atomic mass is 10.1. The number of methoxy groups -OCH3 is 1. The monoisotopic (exact) mass is 238 g/mol. The number of furan rings is 1. The Hall–Kier alpha value is -2.22. The van der Waals surface area contributed by atoms with Gasteiger partial charge in [0.15, 0.2) is 0 Å². The molecule has 2 nitrogen and oxygen atoms in total. The van der Waals surface area contributed by atoms with Gasteiger partial charge in [0.25, 0.3) is 0 Å². The second kappa shape index (κ2) is 4.57. The van der Waals surface area contributed by atoms with E-state index in [2.05, 4.69) is 18.2 Å². The standard InChI is InChI=1S/C16H14O2/c1-17-14-7-8-16-13(10-14)11-15(18-16)9-12-5-3-2-4-6-12/h2-8,10-11H,9H2,1H3. The largest absolute Gasteiger partial charge is 0.497 e. The Labute approximate surface area is 106 Å². The van der Waals surface area contributed by atoms with Gasteiger partial charge in [-0.05, 0) is 29.8 Å². The van der Waals surface area contributed by atoms with Gasteiger partial charge in [0, 0.05) is 11.8 Å². The van der Waals surface area contributed by atoms with Crippen LogP contribution < -0.4 is 4.74 Å². The van der Waals surface area contributed by atoms with Crippen molar-refractivity contribution in [3.8, 4) is 5.75 Å². The van der Waals surface area contributed by atoms with Crippen molar-refractivity contribution in [1.82, 2.24) is 0 Å². The minimum absolute atomic E-state index is 0.817. The third kappa shape index (κ3) is 2.09. The van der Waals surface area contributed by atoms with E-state index >= 15 is 0 Å². The normalized spacial score (nSPS) is 10.7. The molecule has 0 N–H and O–H groups in total. The van der Waals surface area contributed by atoms with Crippen LogP contribution in [0, 0.1) is 0 Å². The van der Waals surface area contributed by atoms with E-state index in [1.165, 1.54) is 5.56 Å². The molecule has 0 spiro atoms. The van der Waals surface area contributed by atoms with Gasteiger partial charge in [-0.1, -0.05) is 30.3 Å². The van der Waals surface area contributed by atoms with E-state index in [0.717, 1.165) is 28.9 Å². The van der Waals surface area contributed by atoms with Gasteiger partial charge in [0.1, 0.15) is 17.1 Å². The van der Waals surface area contributed by atoms with Crippen LogP contribution in [0.4, 0.5) is 0 Å². The van der Waals surface area contributed by atoms with Crippen molar-refractivity contribution in [2.24, 2.45) is 0 Å². The molecule has 0 unspecified atom stereocenters. The maximum absolute atomic E-state index is 5.82. The molecule has 90 valence electrons. The van der Waals surface area contributed by atoms with E-state index in [1.54, 1.807) is 7.11 Å². The molecule has 0 saturated heterocycles. The molecule has 0 atom stereocenters. The van der Waals surface area contributed by atoms with Gasteiger partial charge in [-0.25, -0.2) is 0 Å². The van der Waals surface area contributed by atoms with Gasteiger partial charge in [0.2, 0.25) is 0 Å². The highest BCUT2D eigenvalue weighted by atomic mass is 16.5. The maximum Gasteiger partial charge on any atom is 0.134 e. The summed E-state index contributed by atoms with van der Waals surface area (Å²) in [4.78, 5) is 0. The SMILES string of the molecule is COc1ccc2oc(Cc3ccccc3)cc2c1. The first kappa shape index (κ1) is 10.9. The first-order chi connectivity index (χ1) is 8.85. The molecule has 0 saturated carbocycles. The molecule has 3 aromatic rings. The molecular weight excluding hydrogens is 224 g/mol. The molecule has 1 heterocycles. The van der Waals surface area contributed by atoms with Gasteiger partial charge in [-0.2, -0.15) is 0 Å². The minimum Gasteiger partial charge on any atom is -0.497 e. The quantitative estimate of drug-likeness (QED) is 0.687. The average molecular weight is 238 g/mol. The fourth-order valence-corrected chi connectivity index (χ4v) is 2.09. The Morgan fingerprint density at radius 1 is 1.00 bits per heavy atom. The molecule has 0 bridgehead atoms. The average Bonchev–Trinajstić information content (AvgIpc) is 2.80. The zero-order chi connectivity index (χ0) is 12.4. The van der Waals surface area contributed by atoms with Crippen LogP contribution in [0.5, 0.6) is 5.75 Å². The number of benzene rings is 2. The van der Waals surface area contributed by atoms with Crippen LogP contribution in [0.1, 0.15) is 11.3 Å². The van der Waals surface area contributed by atoms with Crippen LogP contribution in [-0.4, -0.2) is 7.11 Å². The van der Waals surface area contributed by atoms with Crippen molar-refractivity contribution in [2.75, 3.05) is 7.11 Å². The first-order valence-corrected chi connectivity index (χ1v) is 5.95. The van der Waals surface area contributed by atoms with E-state index in [9.17, 15) is 0 Å². The fourth-order valence-electron chi connectivity index (χ4n) is 2.09. The number of hydrogen-bond donors (Lipinski definition) is 0. The molecule has 3 rings (SSSR count). The van der Waals surface area contributed by atoms with E-state index in [0.29, 0.717) is 0 Å². The Morgan fingerprint density at radius 2 is 1.83 bits per heavy atom. The number of ether oxygens (including phenoxy) is 1. The molecule has 18 heavy (non-hydrogen) atoms. The molecule has 0 aliphatic carbocycles. The summed E-state index contributed by atoms with van der Waals surface area (Å²) in [7, 11) is 1.67. The zero-order valence-electron chi connectivity index (χ0n) is 10.2. The second-order valence-electron chi connectivity index (χ2n) is 4.28. The van der Waals surface area contributed by atoms with Crippen molar-refractivity contribution < 1.29 is 9.15 Å². The van der Waals surface area contributed by atoms with E-state index in [-0.39, 0.29) is 0 Å². The highest BCUT2D eigenvalue weighted by molar-refractivity contribution is 5.79. The third-order valence-corrected chi connectivity index (χ3v) is 3.00. The van der Waals surface area contributed by atoms with Crippen LogP contribution in [0.15, 0.2) is 59.0 Å². The van der Waals surface area contributed by atoms with E-state index < -0.39 is 0 Å².